The Morgan fingerprint density at radius 2 is 2.09 bits per heavy atom. The van der Waals surface area contributed by atoms with Gasteiger partial charge in [0.1, 0.15) is 5.82 Å². The molecule has 2 unspecified atom stereocenters. The van der Waals surface area contributed by atoms with Crippen molar-refractivity contribution >= 4 is 5.82 Å². The number of aromatic amines is 2. The number of H-pyrrole nitrogens is 2. The van der Waals surface area contributed by atoms with Crippen molar-refractivity contribution < 1.29 is 0 Å². The molecule has 1 aliphatic heterocycles. The molecule has 116 valence electrons. The van der Waals surface area contributed by atoms with Crippen molar-refractivity contribution in [1.29, 1.82) is 0 Å². The molecule has 0 radical (unpaired) electrons. The normalized spacial score (nSPS) is 24.9. The second kappa shape index (κ2) is 4.82. The van der Waals surface area contributed by atoms with Gasteiger partial charge in [0, 0.05) is 19.7 Å². The van der Waals surface area contributed by atoms with Crippen LogP contribution in [0.15, 0.2) is 22.0 Å². The van der Waals surface area contributed by atoms with Gasteiger partial charge in [-0.05, 0) is 31.1 Å². The van der Waals surface area contributed by atoms with Gasteiger partial charge in [-0.15, -0.1) is 0 Å². The topological polar surface area (TPSA) is 99.7 Å². The lowest BCUT2D eigenvalue weighted by Crippen LogP contribution is -2.30. The van der Waals surface area contributed by atoms with Gasteiger partial charge in [-0.3, -0.25) is 9.78 Å². The molecule has 0 amide bonds. The van der Waals surface area contributed by atoms with Crippen molar-refractivity contribution in [1.82, 2.24) is 24.7 Å². The highest BCUT2D eigenvalue weighted by Crippen LogP contribution is 2.50. The average Bonchev–Trinajstić information content (AvgIpc) is 3.10. The largest absolute Gasteiger partial charge is 0.346 e. The van der Waals surface area contributed by atoms with Gasteiger partial charge >= 0.3 is 5.69 Å². The third kappa shape index (κ3) is 2.15. The van der Waals surface area contributed by atoms with Crippen LogP contribution in [0.2, 0.25) is 0 Å². The fraction of sp³-hybridized carbons (Fsp3) is 0.571. The van der Waals surface area contributed by atoms with Crippen molar-refractivity contribution in [2.75, 3.05) is 11.4 Å². The monoisotopic (exact) mass is 302 g/mol. The maximum atomic E-state index is 11.9. The highest BCUT2D eigenvalue weighted by molar-refractivity contribution is 5.41. The molecule has 3 heterocycles. The minimum Gasteiger partial charge on any atom is -0.346 e. The minimum atomic E-state index is -0.298. The van der Waals surface area contributed by atoms with Gasteiger partial charge in [0.2, 0.25) is 0 Å². The molecular weight excluding hydrogens is 284 g/mol. The second-order valence-corrected chi connectivity index (χ2v) is 6.19. The van der Waals surface area contributed by atoms with E-state index >= 15 is 0 Å². The first-order chi connectivity index (χ1) is 10.6. The molecule has 4 rings (SSSR count). The quantitative estimate of drug-likeness (QED) is 0.842. The molecule has 0 aromatic carbocycles. The van der Waals surface area contributed by atoms with Gasteiger partial charge in [-0.1, -0.05) is 0 Å². The molecule has 8 nitrogen and oxygen atoms in total. The zero-order valence-corrected chi connectivity index (χ0v) is 12.3. The van der Waals surface area contributed by atoms with E-state index in [1.807, 2.05) is 0 Å². The standard InChI is InChI=1S/C14H18N6O2/c1-19-7-15-10(6-11(19)21)20-5-4-9(8-2-3-8)12(20)13-16-14(22)18-17-13/h6-9,12H,2-5H2,1H3,(H2,16,17,18,22). The maximum absolute atomic E-state index is 11.9. The molecule has 2 N–H and O–H groups in total. The van der Waals surface area contributed by atoms with Crippen LogP contribution in [0.4, 0.5) is 5.82 Å². The number of aryl methyl sites for hydroxylation is 1. The van der Waals surface area contributed by atoms with Crippen LogP contribution < -0.4 is 16.1 Å². The Labute approximate surface area is 126 Å². The Bertz CT molecular complexity index is 802. The van der Waals surface area contributed by atoms with Gasteiger partial charge in [0.05, 0.1) is 12.4 Å². The van der Waals surface area contributed by atoms with Crippen LogP contribution >= 0.6 is 0 Å². The average molecular weight is 302 g/mol. The lowest BCUT2D eigenvalue weighted by atomic mass is 9.94. The van der Waals surface area contributed by atoms with Crippen LogP contribution in [0.1, 0.15) is 31.1 Å². The van der Waals surface area contributed by atoms with Crippen molar-refractivity contribution in [3.8, 4) is 0 Å². The number of aromatic nitrogens is 5. The number of hydrogen-bond donors (Lipinski definition) is 2. The summed E-state index contributed by atoms with van der Waals surface area (Å²) < 4.78 is 1.45. The highest BCUT2D eigenvalue weighted by atomic mass is 16.1. The first kappa shape index (κ1) is 13.3. The molecule has 22 heavy (non-hydrogen) atoms. The summed E-state index contributed by atoms with van der Waals surface area (Å²) in [5, 5.41) is 6.57. The van der Waals surface area contributed by atoms with E-state index in [1.54, 1.807) is 13.1 Å². The van der Waals surface area contributed by atoms with Gasteiger partial charge in [-0.2, -0.15) is 5.10 Å². The van der Waals surface area contributed by atoms with Crippen LogP contribution in [0.5, 0.6) is 0 Å². The Balaban J connectivity index is 1.75. The van der Waals surface area contributed by atoms with E-state index in [0.717, 1.165) is 13.0 Å². The van der Waals surface area contributed by atoms with E-state index in [9.17, 15) is 9.59 Å². The van der Waals surface area contributed by atoms with Crippen LogP contribution in [-0.4, -0.2) is 31.3 Å². The van der Waals surface area contributed by atoms with E-state index in [4.69, 9.17) is 0 Å². The summed E-state index contributed by atoms with van der Waals surface area (Å²) in [4.78, 5) is 32.6. The Hall–Kier alpha value is -2.38. The third-order valence-electron chi connectivity index (χ3n) is 4.73. The SMILES string of the molecule is Cn1cnc(N2CCC(C3CC3)C2c2n[nH]c(=O)[nH]2)cc1=O. The summed E-state index contributed by atoms with van der Waals surface area (Å²) in [6, 6.07) is 1.53. The van der Waals surface area contributed by atoms with Crippen molar-refractivity contribution in [3.05, 3.63) is 39.1 Å². The summed E-state index contributed by atoms with van der Waals surface area (Å²) in [6.45, 7) is 0.820. The molecule has 2 fully saturated rings. The smallest absolute Gasteiger partial charge is 0.340 e. The molecule has 0 bridgehead atoms. The van der Waals surface area contributed by atoms with Crippen LogP contribution in [0.3, 0.4) is 0 Å². The molecule has 1 saturated heterocycles. The Kier molecular flexibility index (Phi) is 2.91. The third-order valence-corrected chi connectivity index (χ3v) is 4.73. The first-order valence-corrected chi connectivity index (χ1v) is 7.57. The van der Waals surface area contributed by atoms with Gasteiger partial charge in [0.25, 0.3) is 5.56 Å². The van der Waals surface area contributed by atoms with Crippen molar-refractivity contribution in [3.63, 3.8) is 0 Å². The summed E-state index contributed by atoms with van der Waals surface area (Å²) in [6.07, 6.45) is 5.02. The highest BCUT2D eigenvalue weighted by Gasteiger charge is 2.45. The zero-order valence-electron chi connectivity index (χ0n) is 12.3. The second-order valence-electron chi connectivity index (χ2n) is 6.19. The summed E-state index contributed by atoms with van der Waals surface area (Å²) in [5.41, 5.74) is -0.387. The predicted molar refractivity (Wildman–Crippen MR) is 79.6 cm³/mol. The van der Waals surface area contributed by atoms with E-state index in [-0.39, 0.29) is 17.3 Å². The van der Waals surface area contributed by atoms with Crippen molar-refractivity contribution in [2.24, 2.45) is 18.9 Å². The lowest BCUT2D eigenvalue weighted by Gasteiger charge is -2.27. The van der Waals surface area contributed by atoms with Gasteiger partial charge < -0.3 is 9.47 Å². The molecule has 2 aliphatic rings. The Morgan fingerprint density at radius 1 is 1.27 bits per heavy atom. The Morgan fingerprint density at radius 3 is 2.73 bits per heavy atom. The fourth-order valence-electron chi connectivity index (χ4n) is 3.47. The van der Waals surface area contributed by atoms with Crippen LogP contribution in [-0.2, 0) is 7.05 Å². The van der Waals surface area contributed by atoms with Gasteiger partial charge in [-0.25, -0.2) is 14.9 Å². The fourth-order valence-corrected chi connectivity index (χ4v) is 3.47. The molecule has 8 heteroatoms. The number of nitrogens with one attached hydrogen (secondary N) is 2. The number of nitrogens with zero attached hydrogens (tertiary/aromatic N) is 4. The zero-order chi connectivity index (χ0) is 15.3. The summed E-state index contributed by atoms with van der Waals surface area (Å²) in [7, 11) is 1.68. The molecule has 2 aromatic rings. The first-order valence-electron chi connectivity index (χ1n) is 7.57. The maximum Gasteiger partial charge on any atom is 0.340 e. The van der Waals surface area contributed by atoms with Crippen LogP contribution in [0, 0.1) is 11.8 Å². The lowest BCUT2D eigenvalue weighted by molar-refractivity contribution is 0.414. The van der Waals surface area contributed by atoms with E-state index < -0.39 is 0 Å². The van der Waals surface area contributed by atoms with E-state index in [2.05, 4.69) is 25.1 Å². The molecule has 0 spiro atoms. The molecule has 2 aromatic heterocycles. The summed E-state index contributed by atoms with van der Waals surface area (Å²) in [5.74, 6) is 2.42. The van der Waals surface area contributed by atoms with E-state index in [1.165, 1.54) is 23.7 Å². The number of rotatable bonds is 3. The minimum absolute atomic E-state index is 0.0222. The van der Waals surface area contributed by atoms with Crippen LogP contribution in [0.25, 0.3) is 0 Å². The molecule has 1 aliphatic carbocycles. The molecule has 1 saturated carbocycles. The summed E-state index contributed by atoms with van der Waals surface area (Å²) >= 11 is 0. The van der Waals surface area contributed by atoms with Gasteiger partial charge in [0.15, 0.2) is 5.82 Å². The number of hydrogen-bond acceptors (Lipinski definition) is 5. The van der Waals surface area contributed by atoms with E-state index in [0.29, 0.717) is 23.5 Å². The molecular formula is C14H18N6O2. The van der Waals surface area contributed by atoms with Crippen molar-refractivity contribution in [2.45, 2.75) is 25.3 Å². The number of anilines is 1. The predicted octanol–water partition coefficient (Wildman–Crippen LogP) is 0.169. The molecule has 2 atom stereocenters.